The van der Waals surface area contributed by atoms with Crippen LogP contribution in [0.2, 0.25) is 0 Å². The van der Waals surface area contributed by atoms with Crippen LogP contribution >= 0.6 is 0 Å². The molecule has 0 amide bonds. The van der Waals surface area contributed by atoms with Crippen LogP contribution < -0.4 is 5.32 Å². The zero-order chi connectivity index (χ0) is 15.0. The van der Waals surface area contributed by atoms with Crippen LogP contribution in [0.5, 0.6) is 0 Å². The quantitative estimate of drug-likeness (QED) is 0.618. The van der Waals surface area contributed by atoms with Crippen molar-refractivity contribution in [1.29, 1.82) is 0 Å². The molecule has 0 aliphatic carbocycles. The average Bonchev–Trinajstić information content (AvgIpc) is 2.41. The smallest absolute Gasteiger partial charge is 0.390 e. The Morgan fingerprint density at radius 1 is 1.30 bits per heavy atom. The minimum absolute atomic E-state index is 0.191. The van der Waals surface area contributed by atoms with Crippen LogP contribution in [0.3, 0.4) is 0 Å². The number of ether oxygens (including phenoxy) is 1. The monoisotopic (exact) mass is 289 g/mol. The number of benzene rings is 1. The van der Waals surface area contributed by atoms with Gasteiger partial charge in [-0.15, -0.1) is 0 Å². The fourth-order valence-electron chi connectivity index (χ4n) is 1.84. The van der Waals surface area contributed by atoms with E-state index in [1.807, 2.05) is 0 Å². The number of carbonyl (C=O) groups is 1. The van der Waals surface area contributed by atoms with Crippen molar-refractivity contribution < 1.29 is 22.7 Å². The Balaban J connectivity index is 2.54. The molecule has 1 rings (SSSR count). The molecule has 0 aromatic heterocycles. The van der Waals surface area contributed by atoms with Gasteiger partial charge in [-0.2, -0.15) is 13.2 Å². The van der Waals surface area contributed by atoms with E-state index < -0.39 is 18.6 Å². The van der Waals surface area contributed by atoms with Crippen LogP contribution in [0.1, 0.15) is 30.9 Å². The van der Waals surface area contributed by atoms with Crippen LogP contribution in [0.25, 0.3) is 0 Å². The minimum atomic E-state index is -4.24. The lowest BCUT2D eigenvalue weighted by Gasteiger charge is -2.20. The maximum Gasteiger partial charge on any atom is 0.390 e. The van der Waals surface area contributed by atoms with Gasteiger partial charge in [-0.05, 0) is 18.5 Å². The predicted octanol–water partition coefficient (Wildman–Crippen LogP) is 3.22. The van der Waals surface area contributed by atoms with Gasteiger partial charge in [0.05, 0.1) is 13.5 Å². The Hall–Kier alpha value is -1.56. The summed E-state index contributed by atoms with van der Waals surface area (Å²) in [4.78, 5) is 10.9. The lowest BCUT2D eigenvalue weighted by molar-refractivity contribution is -0.142. The number of hydrogen-bond donors (Lipinski definition) is 1. The van der Waals surface area contributed by atoms with Gasteiger partial charge in [0.25, 0.3) is 0 Å². The number of nitrogens with one attached hydrogen (secondary N) is 1. The highest BCUT2D eigenvalue weighted by Gasteiger charge is 2.32. The normalized spacial score (nSPS) is 13.0. The van der Waals surface area contributed by atoms with E-state index in [1.165, 1.54) is 7.11 Å². The van der Waals surface area contributed by atoms with Crippen molar-refractivity contribution in [1.82, 2.24) is 5.32 Å². The van der Waals surface area contributed by atoms with Crippen LogP contribution in [0, 0.1) is 0 Å². The number of alkyl halides is 3. The van der Waals surface area contributed by atoms with Gasteiger partial charge in [0.2, 0.25) is 0 Å². The second kappa shape index (κ2) is 7.89. The third kappa shape index (κ3) is 6.56. The fourth-order valence-corrected chi connectivity index (χ4v) is 1.84. The summed E-state index contributed by atoms with van der Waals surface area (Å²) in [6.07, 6.45) is -4.55. The lowest BCUT2D eigenvalue weighted by Crippen LogP contribution is -2.27. The third-order valence-corrected chi connectivity index (χ3v) is 2.81. The molecule has 0 fully saturated rings. The summed E-state index contributed by atoms with van der Waals surface area (Å²) in [6.45, 7) is 0.324. The van der Waals surface area contributed by atoms with Gasteiger partial charge in [-0.1, -0.05) is 30.3 Å². The zero-order valence-corrected chi connectivity index (χ0v) is 11.2. The highest BCUT2D eigenvalue weighted by molar-refractivity contribution is 5.69. The number of carbonyl (C=O) groups excluding carboxylic acids is 1. The summed E-state index contributed by atoms with van der Waals surface area (Å²) in [6, 6.07) is 7.68. The van der Waals surface area contributed by atoms with E-state index in [-0.39, 0.29) is 12.4 Å². The van der Waals surface area contributed by atoms with E-state index in [4.69, 9.17) is 0 Å². The summed E-state index contributed by atoms with van der Waals surface area (Å²) in [5, 5.41) is 2.84. The molecule has 6 heteroatoms. The molecular formula is C14H18F3NO2. The van der Waals surface area contributed by atoms with Crippen LogP contribution in [-0.4, -0.2) is 25.8 Å². The molecule has 1 aromatic carbocycles. The van der Waals surface area contributed by atoms with Crippen LogP contribution in [-0.2, 0) is 9.53 Å². The van der Waals surface area contributed by atoms with Crippen molar-refractivity contribution in [3.63, 3.8) is 0 Å². The summed E-state index contributed by atoms with van der Waals surface area (Å²) in [5.41, 5.74) is 0.586. The molecule has 0 aliphatic heterocycles. The van der Waals surface area contributed by atoms with Crippen molar-refractivity contribution >= 4 is 5.97 Å². The number of halogens is 3. The molecule has 1 atom stereocenters. The predicted molar refractivity (Wildman–Crippen MR) is 69.1 cm³/mol. The molecule has 0 aliphatic rings. The number of esters is 1. The Kier molecular flexibility index (Phi) is 6.51. The van der Waals surface area contributed by atoms with Gasteiger partial charge in [0.1, 0.15) is 0 Å². The van der Waals surface area contributed by atoms with Crippen molar-refractivity contribution in [3.8, 4) is 0 Å². The first-order chi connectivity index (χ1) is 9.42. The molecule has 0 saturated carbocycles. The van der Waals surface area contributed by atoms with Crippen molar-refractivity contribution in [2.75, 3.05) is 13.7 Å². The van der Waals surface area contributed by atoms with Gasteiger partial charge < -0.3 is 10.1 Å². The highest BCUT2D eigenvalue weighted by atomic mass is 19.4. The summed E-state index contributed by atoms with van der Waals surface area (Å²) in [5.74, 6) is -0.362. The summed E-state index contributed by atoms with van der Waals surface area (Å²) < 4.78 is 42.2. The van der Waals surface area contributed by atoms with Gasteiger partial charge in [0, 0.05) is 12.5 Å². The highest BCUT2D eigenvalue weighted by Crippen LogP contribution is 2.29. The zero-order valence-electron chi connectivity index (χ0n) is 11.2. The standard InChI is InChI=1S/C14H18F3NO2/c1-20-13(19)8-5-9-18-12(10-14(15,16)17)11-6-3-2-4-7-11/h2-4,6-7,12,18H,5,8-10H2,1H3. The molecule has 0 heterocycles. The minimum Gasteiger partial charge on any atom is -0.469 e. The SMILES string of the molecule is COC(=O)CCCNC(CC(F)(F)F)c1ccccc1. The average molecular weight is 289 g/mol. The Morgan fingerprint density at radius 2 is 1.95 bits per heavy atom. The molecule has 0 radical (unpaired) electrons. The Morgan fingerprint density at radius 3 is 2.50 bits per heavy atom. The molecular weight excluding hydrogens is 271 g/mol. The molecule has 1 N–H and O–H groups in total. The molecule has 1 aromatic rings. The molecule has 1 unspecified atom stereocenters. The molecule has 0 saturated heterocycles. The number of rotatable bonds is 7. The summed E-state index contributed by atoms with van der Waals surface area (Å²) >= 11 is 0. The van der Waals surface area contributed by atoms with Crippen molar-refractivity contribution in [3.05, 3.63) is 35.9 Å². The van der Waals surface area contributed by atoms with Crippen molar-refractivity contribution in [2.45, 2.75) is 31.5 Å². The maximum absolute atomic E-state index is 12.6. The largest absolute Gasteiger partial charge is 0.469 e. The molecule has 0 spiro atoms. The first kappa shape index (κ1) is 16.5. The summed E-state index contributed by atoms with van der Waals surface area (Å²) in [7, 11) is 1.28. The van der Waals surface area contributed by atoms with Gasteiger partial charge in [-0.25, -0.2) is 0 Å². The Bertz CT molecular complexity index is 407. The number of methoxy groups -OCH3 is 1. The van der Waals surface area contributed by atoms with Gasteiger partial charge in [0.15, 0.2) is 0 Å². The van der Waals surface area contributed by atoms with Crippen LogP contribution in [0.15, 0.2) is 30.3 Å². The van der Waals surface area contributed by atoms with E-state index >= 15 is 0 Å². The Labute approximate surface area is 116 Å². The fraction of sp³-hybridized carbons (Fsp3) is 0.500. The van der Waals surface area contributed by atoms with Crippen LogP contribution in [0.4, 0.5) is 13.2 Å². The first-order valence-electron chi connectivity index (χ1n) is 6.34. The van der Waals surface area contributed by atoms with Crippen molar-refractivity contribution in [2.24, 2.45) is 0 Å². The first-order valence-corrected chi connectivity index (χ1v) is 6.34. The third-order valence-electron chi connectivity index (χ3n) is 2.81. The van der Waals surface area contributed by atoms with Gasteiger partial charge in [-0.3, -0.25) is 4.79 Å². The van der Waals surface area contributed by atoms with E-state index in [1.54, 1.807) is 30.3 Å². The maximum atomic E-state index is 12.6. The van der Waals surface area contributed by atoms with Gasteiger partial charge >= 0.3 is 12.1 Å². The second-order valence-corrected chi connectivity index (χ2v) is 4.42. The topological polar surface area (TPSA) is 38.3 Å². The number of hydrogen-bond acceptors (Lipinski definition) is 3. The lowest BCUT2D eigenvalue weighted by atomic mass is 10.0. The van der Waals surface area contributed by atoms with E-state index in [0.29, 0.717) is 18.5 Å². The molecule has 3 nitrogen and oxygen atoms in total. The molecule has 112 valence electrons. The molecule has 0 bridgehead atoms. The molecule has 20 heavy (non-hydrogen) atoms. The van der Waals surface area contributed by atoms with E-state index in [0.717, 1.165) is 0 Å². The second-order valence-electron chi connectivity index (χ2n) is 4.42. The van der Waals surface area contributed by atoms with E-state index in [2.05, 4.69) is 10.1 Å². The van der Waals surface area contributed by atoms with E-state index in [9.17, 15) is 18.0 Å².